The predicted molar refractivity (Wildman–Crippen MR) is 119 cm³/mol. The van der Waals surface area contributed by atoms with Gasteiger partial charge in [0.2, 0.25) is 0 Å². The summed E-state index contributed by atoms with van der Waals surface area (Å²) in [7, 11) is 0. The van der Waals surface area contributed by atoms with Crippen LogP contribution in [0.3, 0.4) is 0 Å². The molecule has 2 aliphatic heterocycles. The van der Waals surface area contributed by atoms with E-state index in [0.29, 0.717) is 29.2 Å². The van der Waals surface area contributed by atoms with Crippen molar-refractivity contribution in [3.63, 3.8) is 0 Å². The summed E-state index contributed by atoms with van der Waals surface area (Å²) >= 11 is 7.64. The lowest BCUT2D eigenvalue weighted by atomic mass is 10.1. The number of carbonyl (C=O) groups is 1. The lowest BCUT2D eigenvalue weighted by molar-refractivity contribution is 0.0954. The summed E-state index contributed by atoms with van der Waals surface area (Å²) in [6.07, 6.45) is 4.99. The molecular formula is C22H23ClN4OS. The normalized spacial score (nSPS) is 20.9. The Morgan fingerprint density at radius 2 is 2.00 bits per heavy atom. The first-order valence-electron chi connectivity index (χ1n) is 10.1. The number of nitrogens with one attached hydrogen (secondary N) is 2. The zero-order chi connectivity index (χ0) is 19.8. The Hall–Kier alpha value is -2.15. The van der Waals surface area contributed by atoms with E-state index >= 15 is 0 Å². The Labute approximate surface area is 179 Å². The molecule has 2 fully saturated rings. The SMILES string of the molecule is O=C(NCCc1ccc(N2CC3CCC(C2)N3)cc1)c1cnc2scc(Cl)c2c1. The number of piperazine rings is 1. The standard InChI is InChI=1S/C22H23ClN4OS/c23-20-13-29-22-19(20)9-15(10-25-22)21(28)24-8-7-14-1-5-18(6-2-14)27-11-16-3-4-17(12-27)26-16/h1-2,5-6,9-10,13,16-17,26H,3-4,7-8,11-12H2,(H,24,28). The van der Waals surface area contributed by atoms with Crippen LogP contribution in [0, 0.1) is 0 Å². The van der Waals surface area contributed by atoms with Crippen molar-refractivity contribution in [2.24, 2.45) is 0 Å². The van der Waals surface area contributed by atoms with E-state index in [9.17, 15) is 4.79 Å². The Kier molecular flexibility index (Phi) is 5.16. The molecule has 5 nitrogen and oxygen atoms in total. The fourth-order valence-electron chi connectivity index (χ4n) is 4.32. The molecule has 0 radical (unpaired) electrons. The Bertz CT molecular complexity index is 1020. The second-order valence-electron chi connectivity index (χ2n) is 7.88. The number of carbonyl (C=O) groups excluding carboxylic acids is 1. The Morgan fingerprint density at radius 1 is 1.24 bits per heavy atom. The van der Waals surface area contributed by atoms with Crippen LogP contribution in [0.2, 0.25) is 5.02 Å². The third-order valence-electron chi connectivity index (χ3n) is 5.86. The van der Waals surface area contributed by atoms with Gasteiger partial charge in [0.15, 0.2) is 0 Å². The largest absolute Gasteiger partial charge is 0.368 e. The molecule has 1 aromatic carbocycles. The van der Waals surface area contributed by atoms with E-state index in [1.807, 2.05) is 11.4 Å². The summed E-state index contributed by atoms with van der Waals surface area (Å²) < 4.78 is 0. The van der Waals surface area contributed by atoms with Gasteiger partial charge in [0.1, 0.15) is 4.83 Å². The number of hydrogen-bond acceptors (Lipinski definition) is 5. The quantitative estimate of drug-likeness (QED) is 0.650. The average molecular weight is 427 g/mol. The first-order chi connectivity index (χ1) is 14.2. The number of hydrogen-bond donors (Lipinski definition) is 2. The van der Waals surface area contributed by atoms with Crippen molar-refractivity contribution in [1.29, 1.82) is 0 Å². The highest BCUT2D eigenvalue weighted by molar-refractivity contribution is 7.17. The maximum Gasteiger partial charge on any atom is 0.252 e. The zero-order valence-corrected chi connectivity index (χ0v) is 17.6. The van der Waals surface area contributed by atoms with Crippen LogP contribution in [-0.2, 0) is 6.42 Å². The van der Waals surface area contributed by atoms with Crippen LogP contribution in [0.5, 0.6) is 0 Å². The van der Waals surface area contributed by atoms with Crippen LogP contribution in [0.4, 0.5) is 5.69 Å². The van der Waals surface area contributed by atoms with Gasteiger partial charge >= 0.3 is 0 Å². The van der Waals surface area contributed by atoms with Crippen molar-refractivity contribution in [3.05, 3.63) is 58.1 Å². The van der Waals surface area contributed by atoms with Crippen LogP contribution in [0.1, 0.15) is 28.8 Å². The van der Waals surface area contributed by atoms with Gasteiger partial charge in [-0.05, 0) is 43.0 Å². The molecule has 2 aromatic heterocycles. The summed E-state index contributed by atoms with van der Waals surface area (Å²) in [6, 6.07) is 11.8. The summed E-state index contributed by atoms with van der Waals surface area (Å²) in [4.78, 5) is 20.1. The molecule has 2 N–H and O–H groups in total. The van der Waals surface area contributed by atoms with E-state index in [1.54, 1.807) is 6.20 Å². The molecule has 0 spiro atoms. The van der Waals surface area contributed by atoms with Gasteiger partial charge in [-0.2, -0.15) is 0 Å². The molecule has 2 aliphatic rings. The fraction of sp³-hybridized carbons (Fsp3) is 0.364. The van der Waals surface area contributed by atoms with Crippen LogP contribution >= 0.6 is 22.9 Å². The van der Waals surface area contributed by atoms with Gasteiger partial charge in [-0.15, -0.1) is 11.3 Å². The highest BCUT2D eigenvalue weighted by Gasteiger charge is 2.32. The third kappa shape index (κ3) is 3.97. The predicted octanol–water partition coefficient (Wildman–Crippen LogP) is 3.86. The molecule has 150 valence electrons. The number of aromatic nitrogens is 1. The number of pyridine rings is 1. The van der Waals surface area contributed by atoms with Gasteiger partial charge in [0.05, 0.1) is 10.6 Å². The molecule has 2 bridgehead atoms. The maximum atomic E-state index is 12.4. The zero-order valence-electron chi connectivity index (χ0n) is 16.0. The molecule has 2 unspecified atom stereocenters. The van der Waals surface area contributed by atoms with Gasteiger partial charge in [-0.25, -0.2) is 4.98 Å². The minimum atomic E-state index is -0.116. The summed E-state index contributed by atoms with van der Waals surface area (Å²) in [6.45, 7) is 2.78. The molecule has 2 saturated heterocycles. The molecule has 1 amide bonds. The van der Waals surface area contributed by atoms with Crippen LogP contribution < -0.4 is 15.5 Å². The van der Waals surface area contributed by atoms with Crippen LogP contribution in [0.25, 0.3) is 10.2 Å². The molecule has 3 aromatic rings. The highest BCUT2D eigenvalue weighted by Crippen LogP contribution is 2.29. The van der Waals surface area contributed by atoms with Crippen molar-refractivity contribution in [2.75, 3.05) is 24.5 Å². The third-order valence-corrected chi connectivity index (χ3v) is 7.21. The first-order valence-corrected chi connectivity index (χ1v) is 11.3. The molecule has 29 heavy (non-hydrogen) atoms. The summed E-state index contributed by atoms with van der Waals surface area (Å²) in [5.41, 5.74) is 3.06. The second kappa shape index (κ2) is 7.94. The van der Waals surface area contributed by atoms with Gasteiger partial charge < -0.3 is 15.5 Å². The minimum absolute atomic E-state index is 0.116. The molecule has 7 heteroatoms. The van der Waals surface area contributed by atoms with Crippen LogP contribution in [-0.4, -0.2) is 42.6 Å². The monoisotopic (exact) mass is 426 g/mol. The van der Waals surface area contributed by atoms with Gasteiger partial charge in [-0.1, -0.05) is 23.7 Å². The number of thiophene rings is 1. The van der Waals surface area contributed by atoms with Crippen molar-refractivity contribution in [3.8, 4) is 0 Å². The second-order valence-corrected chi connectivity index (χ2v) is 9.14. The number of amides is 1. The number of anilines is 1. The van der Waals surface area contributed by atoms with E-state index in [-0.39, 0.29) is 5.91 Å². The van der Waals surface area contributed by atoms with Gasteiger partial charge in [0, 0.05) is 54.4 Å². The van der Waals surface area contributed by atoms with E-state index in [0.717, 1.165) is 29.7 Å². The first kappa shape index (κ1) is 18.9. The van der Waals surface area contributed by atoms with Crippen LogP contribution in [0.15, 0.2) is 41.9 Å². The summed E-state index contributed by atoms with van der Waals surface area (Å²) in [5, 5.41) is 9.98. The van der Waals surface area contributed by atoms with Crippen molar-refractivity contribution >= 4 is 44.7 Å². The average Bonchev–Trinajstić information content (AvgIpc) is 3.29. The topological polar surface area (TPSA) is 57.3 Å². The molecule has 2 atom stereocenters. The van der Waals surface area contributed by atoms with Gasteiger partial charge in [-0.3, -0.25) is 4.79 Å². The van der Waals surface area contributed by atoms with Crippen molar-refractivity contribution in [1.82, 2.24) is 15.6 Å². The van der Waals surface area contributed by atoms with E-state index < -0.39 is 0 Å². The number of fused-ring (bicyclic) bond motifs is 3. The molecular weight excluding hydrogens is 404 g/mol. The van der Waals surface area contributed by atoms with Gasteiger partial charge in [0.25, 0.3) is 5.91 Å². The Morgan fingerprint density at radius 3 is 2.76 bits per heavy atom. The number of benzene rings is 1. The molecule has 5 rings (SSSR count). The van der Waals surface area contributed by atoms with Crippen molar-refractivity contribution in [2.45, 2.75) is 31.3 Å². The highest BCUT2D eigenvalue weighted by atomic mass is 35.5. The van der Waals surface area contributed by atoms with Crippen molar-refractivity contribution < 1.29 is 4.79 Å². The number of nitrogens with zero attached hydrogens (tertiary/aromatic N) is 2. The van der Waals surface area contributed by atoms with E-state index in [1.165, 1.54) is 35.4 Å². The summed E-state index contributed by atoms with van der Waals surface area (Å²) in [5.74, 6) is -0.116. The number of rotatable bonds is 5. The minimum Gasteiger partial charge on any atom is -0.368 e. The molecule has 4 heterocycles. The Balaban J connectivity index is 1.16. The lowest BCUT2D eigenvalue weighted by Crippen LogP contribution is -2.51. The van der Waals surface area contributed by atoms with E-state index in [4.69, 9.17) is 11.6 Å². The van der Waals surface area contributed by atoms with E-state index in [2.05, 4.69) is 44.8 Å². The molecule has 0 aliphatic carbocycles. The lowest BCUT2D eigenvalue weighted by Gasteiger charge is -2.34. The number of halogens is 1. The fourth-order valence-corrected chi connectivity index (χ4v) is 5.40. The maximum absolute atomic E-state index is 12.4. The molecule has 0 saturated carbocycles. The smallest absolute Gasteiger partial charge is 0.252 e.